The highest BCUT2D eigenvalue weighted by molar-refractivity contribution is 5.98. The van der Waals surface area contributed by atoms with Gasteiger partial charge in [-0.2, -0.15) is 0 Å². The zero-order valence-corrected chi connectivity index (χ0v) is 16.3. The van der Waals surface area contributed by atoms with Crippen molar-refractivity contribution in [2.45, 2.75) is 19.9 Å². The first-order valence-electron chi connectivity index (χ1n) is 9.18. The number of aromatic nitrogens is 1. The number of amides is 2. The van der Waals surface area contributed by atoms with E-state index in [1.54, 1.807) is 18.2 Å². The molecule has 3 aromatic rings. The monoisotopic (exact) mass is 389 g/mol. The summed E-state index contributed by atoms with van der Waals surface area (Å²) in [6.07, 6.45) is 1.45. The standard InChI is InChI=1S/C22H23N5O2/c1-14(16-7-4-3-5-8-16)25-20-12-21(24-13-19(20)22(23)29)27-18-10-6-9-17(11-18)26-15(2)28/h3-14H,1-2H3,(H2,23,29)(H,26,28)(H2,24,25,27). The van der Waals surface area contributed by atoms with Gasteiger partial charge in [0.1, 0.15) is 5.82 Å². The van der Waals surface area contributed by atoms with Gasteiger partial charge in [0.15, 0.2) is 0 Å². The van der Waals surface area contributed by atoms with Gasteiger partial charge in [0.2, 0.25) is 5.91 Å². The molecule has 7 nitrogen and oxygen atoms in total. The van der Waals surface area contributed by atoms with Gasteiger partial charge in [0.25, 0.3) is 5.91 Å². The Kier molecular flexibility index (Phi) is 6.09. The Morgan fingerprint density at radius 2 is 1.72 bits per heavy atom. The Morgan fingerprint density at radius 3 is 2.41 bits per heavy atom. The number of nitrogens with zero attached hydrogens (tertiary/aromatic N) is 1. The second kappa shape index (κ2) is 8.88. The summed E-state index contributed by atoms with van der Waals surface area (Å²) in [5.41, 5.74) is 8.92. The maximum Gasteiger partial charge on any atom is 0.252 e. The number of hydrogen-bond acceptors (Lipinski definition) is 5. The Hall–Kier alpha value is -3.87. The number of rotatable bonds is 7. The molecule has 0 fully saturated rings. The molecule has 1 unspecified atom stereocenters. The summed E-state index contributed by atoms with van der Waals surface area (Å²) in [5.74, 6) is -0.162. The summed E-state index contributed by atoms with van der Waals surface area (Å²) in [4.78, 5) is 27.4. The first-order chi connectivity index (χ1) is 13.9. The van der Waals surface area contributed by atoms with Gasteiger partial charge in [0, 0.05) is 36.6 Å². The molecule has 2 aromatic carbocycles. The second-order valence-corrected chi connectivity index (χ2v) is 6.64. The van der Waals surface area contributed by atoms with Crippen LogP contribution in [0.25, 0.3) is 0 Å². The molecule has 0 bridgehead atoms. The van der Waals surface area contributed by atoms with Gasteiger partial charge in [-0.3, -0.25) is 9.59 Å². The molecule has 0 aliphatic rings. The van der Waals surface area contributed by atoms with Gasteiger partial charge in [-0.25, -0.2) is 4.98 Å². The van der Waals surface area contributed by atoms with E-state index in [2.05, 4.69) is 20.9 Å². The smallest absolute Gasteiger partial charge is 0.252 e. The average Bonchev–Trinajstić information content (AvgIpc) is 2.68. The van der Waals surface area contributed by atoms with Crippen molar-refractivity contribution >= 4 is 34.7 Å². The Bertz CT molecular complexity index is 1020. The number of benzene rings is 2. The van der Waals surface area contributed by atoms with E-state index < -0.39 is 5.91 Å². The van der Waals surface area contributed by atoms with Crippen molar-refractivity contribution in [2.24, 2.45) is 5.73 Å². The van der Waals surface area contributed by atoms with Crippen LogP contribution in [0.5, 0.6) is 0 Å². The molecule has 5 N–H and O–H groups in total. The van der Waals surface area contributed by atoms with Crippen molar-refractivity contribution in [1.82, 2.24) is 4.98 Å². The maximum absolute atomic E-state index is 11.8. The van der Waals surface area contributed by atoms with E-state index in [4.69, 9.17) is 5.73 Å². The second-order valence-electron chi connectivity index (χ2n) is 6.64. The van der Waals surface area contributed by atoms with Gasteiger partial charge >= 0.3 is 0 Å². The normalized spacial score (nSPS) is 11.4. The van der Waals surface area contributed by atoms with Gasteiger partial charge in [-0.1, -0.05) is 36.4 Å². The first-order valence-corrected chi connectivity index (χ1v) is 9.18. The molecule has 0 radical (unpaired) electrons. The molecule has 7 heteroatoms. The van der Waals surface area contributed by atoms with Crippen LogP contribution < -0.4 is 21.7 Å². The van der Waals surface area contributed by atoms with Crippen molar-refractivity contribution in [3.8, 4) is 0 Å². The van der Waals surface area contributed by atoms with Crippen LogP contribution in [0, 0.1) is 0 Å². The van der Waals surface area contributed by atoms with Crippen LogP contribution in [0.15, 0.2) is 66.9 Å². The number of pyridine rings is 1. The number of carbonyl (C=O) groups is 2. The largest absolute Gasteiger partial charge is 0.378 e. The molecule has 3 rings (SSSR count). The zero-order valence-electron chi connectivity index (χ0n) is 16.3. The molecule has 0 saturated carbocycles. The molecule has 0 aliphatic carbocycles. The summed E-state index contributed by atoms with van der Waals surface area (Å²) in [6, 6.07) is 18.9. The highest BCUT2D eigenvalue weighted by atomic mass is 16.1. The van der Waals surface area contributed by atoms with E-state index in [-0.39, 0.29) is 11.9 Å². The Morgan fingerprint density at radius 1 is 1.00 bits per heavy atom. The predicted octanol–water partition coefficient (Wildman–Crippen LogP) is 4.06. The third kappa shape index (κ3) is 5.32. The highest BCUT2D eigenvalue weighted by Crippen LogP contribution is 2.26. The number of nitrogens with one attached hydrogen (secondary N) is 3. The molecule has 1 heterocycles. The van der Waals surface area contributed by atoms with E-state index in [0.717, 1.165) is 11.3 Å². The molecular formula is C22H23N5O2. The lowest BCUT2D eigenvalue weighted by atomic mass is 10.1. The molecule has 29 heavy (non-hydrogen) atoms. The minimum atomic E-state index is -0.556. The van der Waals surface area contributed by atoms with E-state index in [1.165, 1.54) is 13.1 Å². The van der Waals surface area contributed by atoms with Crippen LogP contribution in [0.1, 0.15) is 35.8 Å². The average molecular weight is 389 g/mol. The fraction of sp³-hybridized carbons (Fsp3) is 0.136. The summed E-state index contributed by atoms with van der Waals surface area (Å²) < 4.78 is 0. The van der Waals surface area contributed by atoms with Crippen molar-refractivity contribution in [3.05, 3.63) is 78.0 Å². The van der Waals surface area contributed by atoms with E-state index in [0.29, 0.717) is 22.8 Å². The molecule has 0 aliphatic heterocycles. The lowest BCUT2D eigenvalue weighted by Gasteiger charge is -2.18. The summed E-state index contributed by atoms with van der Waals surface area (Å²) >= 11 is 0. The van der Waals surface area contributed by atoms with Gasteiger partial charge in [0.05, 0.1) is 11.3 Å². The van der Waals surface area contributed by atoms with E-state index >= 15 is 0 Å². The quantitative estimate of drug-likeness (QED) is 0.487. The third-order valence-electron chi connectivity index (χ3n) is 4.30. The van der Waals surface area contributed by atoms with E-state index in [9.17, 15) is 9.59 Å². The van der Waals surface area contributed by atoms with Crippen LogP contribution in [0.4, 0.5) is 22.9 Å². The SMILES string of the molecule is CC(=O)Nc1cccc(Nc2cc(NC(C)c3ccccc3)c(C(N)=O)cn2)c1. The zero-order chi connectivity index (χ0) is 20.8. The van der Waals surface area contributed by atoms with Crippen LogP contribution >= 0.6 is 0 Å². The van der Waals surface area contributed by atoms with Crippen molar-refractivity contribution in [2.75, 3.05) is 16.0 Å². The number of hydrogen-bond donors (Lipinski definition) is 4. The lowest BCUT2D eigenvalue weighted by molar-refractivity contribution is -0.114. The fourth-order valence-corrected chi connectivity index (χ4v) is 2.92. The van der Waals surface area contributed by atoms with Gasteiger partial charge in [-0.05, 0) is 30.7 Å². The minimum absolute atomic E-state index is 0.0346. The summed E-state index contributed by atoms with van der Waals surface area (Å²) in [6.45, 7) is 3.46. The number of primary amides is 1. The number of carbonyl (C=O) groups excluding carboxylic acids is 2. The van der Waals surface area contributed by atoms with Crippen LogP contribution in [-0.2, 0) is 4.79 Å². The van der Waals surface area contributed by atoms with Gasteiger partial charge < -0.3 is 21.7 Å². The van der Waals surface area contributed by atoms with Crippen molar-refractivity contribution < 1.29 is 9.59 Å². The van der Waals surface area contributed by atoms with E-state index in [1.807, 2.05) is 49.4 Å². The molecule has 1 aromatic heterocycles. The molecule has 148 valence electrons. The Balaban J connectivity index is 1.85. The summed E-state index contributed by atoms with van der Waals surface area (Å²) in [5, 5.41) is 9.25. The molecular weight excluding hydrogens is 366 g/mol. The van der Waals surface area contributed by atoms with Crippen LogP contribution in [0.2, 0.25) is 0 Å². The van der Waals surface area contributed by atoms with Crippen LogP contribution in [0.3, 0.4) is 0 Å². The molecule has 0 saturated heterocycles. The first kappa shape index (κ1) is 19.9. The number of anilines is 4. The topological polar surface area (TPSA) is 109 Å². The van der Waals surface area contributed by atoms with Crippen LogP contribution in [-0.4, -0.2) is 16.8 Å². The summed E-state index contributed by atoms with van der Waals surface area (Å²) in [7, 11) is 0. The highest BCUT2D eigenvalue weighted by Gasteiger charge is 2.14. The molecule has 2 amide bonds. The number of nitrogens with two attached hydrogens (primary N) is 1. The third-order valence-corrected chi connectivity index (χ3v) is 4.30. The fourth-order valence-electron chi connectivity index (χ4n) is 2.92. The van der Waals surface area contributed by atoms with Crippen molar-refractivity contribution in [1.29, 1.82) is 0 Å². The van der Waals surface area contributed by atoms with Gasteiger partial charge in [-0.15, -0.1) is 0 Å². The Labute approximate surface area is 169 Å². The minimum Gasteiger partial charge on any atom is -0.378 e. The maximum atomic E-state index is 11.8. The van der Waals surface area contributed by atoms with Crippen molar-refractivity contribution in [3.63, 3.8) is 0 Å². The predicted molar refractivity (Wildman–Crippen MR) is 115 cm³/mol. The lowest BCUT2D eigenvalue weighted by Crippen LogP contribution is -2.17. The molecule has 1 atom stereocenters. The molecule has 0 spiro atoms.